The third-order valence-electron chi connectivity index (χ3n) is 3.56. The first-order chi connectivity index (χ1) is 10.9. The number of imidazole rings is 1. The van der Waals surface area contributed by atoms with Crippen LogP contribution >= 0.6 is 0 Å². The maximum Gasteiger partial charge on any atom is 0.416 e. The average Bonchev–Trinajstić information content (AvgIpc) is 2.85. The van der Waals surface area contributed by atoms with E-state index in [0.717, 1.165) is 17.7 Å². The van der Waals surface area contributed by atoms with E-state index in [0.29, 0.717) is 29.3 Å². The molecule has 6 heteroatoms. The van der Waals surface area contributed by atoms with Crippen molar-refractivity contribution in [3.05, 3.63) is 48.3 Å². The summed E-state index contributed by atoms with van der Waals surface area (Å²) in [5.41, 5.74) is 1.22. The van der Waals surface area contributed by atoms with E-state index in [1.807, 2.05) is 16.7 Å². The Morgan fingerprint density at radius 3 is 2.39 bits per heavy atom. The smallest absolute Gasteiger partial charge is 0.324 e. The monoisotopic (exact) mass is 319 g/mol. The van der Waals surface area contributed by atoms with Crippen molar-refractivity contribution in [3.8, 4) is 11.4 Å². The van der Waals surface area contributed by atoms with Crippen LogP contribution in [0.1, 0.15) is 19.4 Å². The fraction of sp³-hybridized carbons (Fsp3) is 0.294. The summed E-state index contributed by atoms with van der Waals surface area (Å²) in [5.74, 6) is 1.01. The molecule has 1 aromatic carbocycles. The van der Waals surface area contributed by atoms with Crippen LogP contribution in [0.3, 0.4) is 0 Å². The highest BCUT2D eigenvalue weighted by molar-refractivity contribution is 5.81. The van der Waals surface area contributed by atoms with Gasteiger partial charge in [0.2, 0.25) is 0 Å². The number of alkyl halides is 3. The lowest BCUT2D eigenvalue weighted by atomic mass is 10.1. The number of pyridine rings is 1. The molecular weight excluding hydrogens is 303 g/mol. The van der Waals surface area contributed by atoms with Crippen molar-refractivity contribution in [3.63, 3.8) is 0 Å². The van der Waals surface area contributed by atoms with Crippen molar-refractivity contribution < 1.29 is 13.2 Å². The number of fused-ring (bicyclic) bond motifs is 1. The molecule has 0 atom stereocenters. The van der Waals surface area contributed by atoms with Gasteiger partial charge in [0.15, 0.2) is 0 Å². The largest absolute Gasteiger partial charge is 0.416 e. The Morgan fingerprint density at radius 2 is 1.78 bits per heavy atom. The van der Waals surface area contributed by atoms with E-state index in [4.69, 9.17) is 0 Å². The Hall–Kier alpha value is -2.37. The lowest BCUT2D eigenvalue weighted by Crippen LogP contribution is -2.07. The molecule has 0 N–H and O–H groups in total. The average molecular weight is 319 g/mol. The molecule has 3 rings (SSSR count). The van der Waals surface area contributed by atoms with Gasteiger partial charge in [0.05, 0.1) is 16.6 Å². The first-order valence-corrected chi connectivity index (χ1v) is 7.34. The third-order valence-corrected chi connectivity index (χ3v) is 3.56. The molecular formula is C17H16F3N3. The molecule has 0 saturated carbocycles. The first-order valence-electron chi connectivity index (χ1n) is 7.34. The lowest BCUT2D eigenvalue weighted by Gasteiger charge is -2.12. The summed E-state index contributed by atoms with van der Waals surface area (Å²) < 4.78 is 40.7. The second kappa shape index (κ2) is 5.68. The van der Waals surface area contributed by atoms with Crippen molar-refractivity contribution in [1.29, 1.82) is 0 Å². The van der Waals surface area contributed by atoms with Gasteiger partial charge in [0.25, 0.3) is 0 Å². The van der Waals surface area contributed by atoms with E-state index < -0.39 is 11.7 Å². The second-order valence-corrected chi connectivity index (χ2v) is 5.88. The normalized spacial score (nSPS) is 12.3. The maximum absolute atomic E-state index is 12.9. The van der Waals surface area contributed by atoms with Gasteiger partial charge in [0.1, 0.15) is 5.82 Å². The maximum atomic E-state index is 12.9. The van der Waals surface area contributed by atoms with E-state index in [-0.39, 0.29) is 0 Å². The number of hydrogen-bond donors (Lipinski definition) is 0. The Bertz CT molecular complexity index is 820. The summed E-state index contributed by atoms with van der Waals surface area (Å²) in [5, 5.41) is 0. The van der Waals surface area contributed by atoms with Gasteiger partial charge in [-0.15, -0.1) is 0 Å². The zero-order chi connectivity index (χ0) is 16.6. The van der Waals surface area contributed by atoms with Crippen LogP contribution in [-0.4, -0.2) is 14.5 Å². The predicted octanol–water partition coefficient (Wildman–Crippen LogP) is 4.77. The predicted molar refractivity (Wildman–Crippen MR) is 82.8 cm³/mol. The second-order valence-electron chi connectivity index (χ2n) is 5.88. The van der Waals surface area contributed by atoms with E-state index >= 15 is 0 Å². The van der Waals surface area contributed by atoms with E-state index in [1.165, 1.54) is 6.07 Å². The van der Waals surface area contributed by atoms with Crippen LogP contribution in [0.5, 0.6) is 0 Å². The van der Waals surface area contributed by atoms with Gasteiger partial charge in [0, 0.05) is 24.5 Å². The number of hydrogen-bond acceptors (Lipinski definition) is 2. The highest BCUT2D eigenvalue weighted by Crippen LogP contribution is 2.33. The SMILES string of the molecule is CC(C)Cn1c(-c2ccncc2)nc2cc(C(F)(F)F)ccc21. The fourth-order valence-corrected chi connectivity index (χ4v) is 2.58. The van der Waals surface area contributed by atoms with Gasteiger partial charge >= 0.3 is 6.18 Å². The van der Waals surface area contributed by atoms with Gasteiger partial charge in [-0.3, -0.25) is 4.98 Å². The van der Waals surface area contributed by atoms with Crippen molar-refractivity contribution in [1.82, 2.24) is 14.5 Å². The number of rotatable bonds is 3. The Labute approximate surface area is 131 Å². The van der Waals surface area contributed by atoms with Crippen LogP contribution in [0.2, 0.25) is 0 Å². The minimum Gasteiger partial charge on any atom is -0.324 e. The topological polar surface area (TPSA) is 30.7 Å². The summed E-state index contributed by atoms with van der Waals surface area (Å²) in [7, 11) is 0. The summed E-state index contributed by atoms with van der Waals surface area (Å²) in [6.45, 7) is 4.80. The quantitative estimate of drug-likeness (QED) is 0.696. The zero-order valence-corrected chi connectivity index (χ0v) is 12.8. The molecule has 0 saturated heterocycles. The molecule has 0 aliphatic rings. The molecule has 0 aliphatic heterocycles. The lowest BCUT2D eigenvalue weighted by molar-refractivity contribution is -0.137. The molecule has 0 unspecified atom stereocenters. The summed E-state index contributed by atoms with van der Waals surface area (Å²) in [6, 6.07) is 7.33. The minimum absolute atomic E-state index is 0.343. The summed E-state index contributed by atoms with van der Waals surface area (Å²) in [6.07, 6.45) is -1.07. The number of aromatic nitrogens is 3. The summed E-state index contributed by atoms with van der Waals surface area (Å²) in [4.78, 5) is 8.42. The molecule has 0 fully saturated rings. The Morgan fingerprint density at radius 1 is 1.09 bits per heavy atom. The van der Waals surface area contributed by atoms with Crippen molar-refractivity contribution in [2.45, 2.75) is 26.6 Å². The van der Waals surface area contributed by atoms with Crippen molar-refractivity contribution in [2.75, 3.05) is 0 Å². The number of benzene rings is 1. The third kappa shape index (κ3) is 3.06. The van der Waals surface area contributed by atoms with Gasteiger partial charge < -0.3 is 4.57 Å². The van der Waals surface area contributed by atoms with Gasteiger partial charge in [-0.25, -0.2) is 4.98 Å². The number of halogens is 3. The molecule has 3 aromatic rings. The first kappa shape index (κ1) is 15.5. The van der Waals surface area contributed by atoms with E-state index in [9.17, 15) is 13.2 Å². The molecule has 0 radical (unpaired) electrons. The molecule has 23 heavy (non-hydrogen) atoms. The van der Waals surface area contributed by atoms with Crippen LogP contribution in [-0.2, 0) is 12.7 Å². The van der Waals surface area contributed by atoms with E-state index in [2.05, 4.69) is 23.8 Å². The van der Waals surface area contributed by atoms with Crippen LogP contribution < -0.4 is 0 Å². The highest BCUT2D eigenvalue weighted by atomic mass is 19.4. The molecule has 0 amide bonds. The van der Waals surface area contributed by atoms with Crippen LogP contribution in [0.25, 0.3) is 22.4 Å². The van der Waals surface area contributed by atoms with Crippen LogP contribution in [0, 0.1) is 5.92 Å². The zero-order valence-electron chi connectivity index (χ0n) is 12.8. The summed E-state index contributed by atoms with van der Waals surface area (Å²) >= 11 is 0. The van der Waals surface area contributed by atoms with Crippen LogP contribution in [0.15, 0.2) is 42.7 Å². The molecule has 0 aliphatic carbocycles. The van der Waals surface area contributed by atoms with Crippen molar-refractivity contribution >= 4 is 11.0 Å². The van der Waals surface area contributed by atoms with Crippen LogP contribution in [0.4, 0.5) is 13.2 Å². The molecule has 120 valence electrons. The van der Waals surface area contributed by atoms with Gasteiger partial charge in [-0.05, 0) is 36.2 Å². The van der Waals surface area contributed by atoms with Gasteiger partial charge in [-0.2, -0.15) is 13.2 Å². The van der Waals surface area contributed by atoms with Crippen molar-refractivity contribution in [2.24, 2.45) is 5.92 Å². The highest BCUT2D eigenvalue weighted by Gasteiger charge is 2.31. The standard InChI is InChI=1S/C17H16F3N3/c1-11(2)10-23-15-4-3-13(17(18,19)20)9-14(15)22-16(23)12-5-7-21-8-6-12/h3-9,11H,10H2,1-2H3. The molecule has 3 nitrogen and oxygen atoms in total. The molecule has 0 spiro atoms. The Balaban J connectivity index is 2.22. The Kier molecular flexibility index (Phi) is 3.83. The number of nitrogens with zero attached hydrogens (tertiary/aromatic N) is 3. The molecule has 2 aromatic heterocycles. The van der Waals surface area contributed by atoms with E-state index in [1.54, 1.807) is 12.4 Å². The van der Waals surface area contributed by atoms with Gasteiger partial charge in [-0.1, -0.05) is 13.8 Å². The fourth-order valence-electron chi connectivity index (χ4n) is 2.58. The minimum atomic E-state index is -4.37. The molecule has 2 heterocycles. The molecule has 0 bridgehead atoms.